The van der Waals surface area contributed by atoms with Crippen molar-refractivity contribution in [2.24, 2.45) is 5.92 Å². The monoisotopic (exact) mass is 255 g/mol. The molecule has 17 heavy (non-hydrogen) atoms. The van der Waals surface area contributed by atoms with Crippen molar-refractivity contribution in [1.29, 1.82) is 0 Å². The zero-order chi connectivity index (χ0) is 12.5. The summed E-state index contributed by atoms with van der Waals surface area (Å²) >= 11 is 1.86. The first kappa shape index (κ1) is 14.7. The molecule has 98 valence electrons. The summed E-state index contributed by atoms with van der Waals surface area (Å²) in [6.45, 7) is 10.4. The lowest BCUT2D eigenvalue weighted by Gasteiger charge is -2.05. The molecule has 0 aliphatic heterocycles. The van der Waals surface area contributed by atoms with Gasteiger partial charge in [-0.15, -0.1) is 11.3 Å². The van der Waals surface area contributed by atoms with Crippen LogP contribution >= 0.6 is 11.3 Å². The number of ether oxygens (including phenoxy) is 1. The number of unbranched alkanes of at least 4 members (excludes halogenated alkanes) is 1. The van der Waals surface area contributed by atoms with Crippen molar-refractivity contribution in [1.82, 2.24) is 5.32 Å². The van der Waals surface area contributed by atoms with Crippen LogP contribution in [0.15, 0.2) is 12.1 Å². The highest BCUT2D eigenvalue weighted by Crippen LogP contribution is 2.17. The van der Waals surface area contributed by atoms with Gasteiger partial charge in [-0.3, -0.25) is 0 Å². The van der Waals surface area contributed by atoms with E-state index in [-0.39, 0.29) is 0 Å². The highest BCUT2D eigenvalue weighted by molar-refractivity contribution is 7.11. The van der Waals surface area contributed by atoms with E-state index in [9.17, 15) is 0 Å². The zero-order valence-corrected chi connectivity index (χ0v) is 12.1. The molecule has 1 N–H and O–H groups in total. The molecule has 0 radical (unpaired) electrons. The Morgan fingerprint density at radius 1 is 1.29 bits per heavy atom. The molecule has 1 aromatic heterocycles. The molecule has 0 fully saturated rings. The quantitative estimate of drug-likeness (QED) is 0.678. The van der Waals surface area contributed by atoms with Crippen LogP contribution in [0.3, 0.4) is 0 Å². The van der Waals surface area contributed by atoms with E-state index in [2.05, 4.69) is 38.2 Å². The molecule has 0 saturated heterocycles. The van der Waals surface area contributed by atoms with Crippen molar-refractivity contribution < 1.29 is 4.74 Å². The van der Waals surface area contributed by atoms with Crippen LogP contribution in [0, 0.1) is 5.92 Å². The molecule has 2 nitrogen and oxygen atoms in total. The number of thiophene rings is 1. The average Bonchev–Trinajstić information content (AvgIpc) is 2.72. The third-order valence-electron chi connectivity index (χ3n) is 2.46. The van der Waals surface area contributed by atoms with Crippen LogP contribution in [0.1, 0.15) is 43.4 Å². The summed E-state index contributed by atoms with van der Waals surface area (Å²) < 4.78 is 5.61. The minimum atomic E-state index is 0.715. The zero-order valence-electron chi connectivity index (χ0n) is 11.3. The summed E-state index contributed by atoms with van der Waals surface area (Å²) in [6.07, 6.45) is 2.36. The van der Waals surface area contributed by atoms with Crippen LogP contribution < -0.4 is 5.32 Å². The van der Waals surface area contributed by atoms with E-state index in [0.29, 0.717) is 5.92 Å². The Kier molecular flexibility index (Phi) is 7.49. The second-order valence-electron chi connectivity index (χ2n) is 4.80. The third kappa shape index (κ3) is 6.81. The van der Waals surface area contributed by atoms with E-state index in [0.717, 1.165) is 32.7 Å². The van der Waals surface area contributed by atoms with E-state index in [1.807, 2.05) is 11.3 Å². The van der Waals surface area contributed by atoms with Crippen molar-refractivity contribution in [2.45, 2.75) is 46.8 Å². The van der Waals surface area contributed by atoms with Crippen molar-refractivity contribution in [3.8, 4) is 0 Å². The number of hydrogen-bond acceptors (Lipinski definition) is 3. The lowest BCUT2D eigenvalue weighted by Crippen LogP contribution is -2.18. The molecule has 1 aromatic rings. The van der Waals surface area contributed by atoms with E-state index in [1.165, 1.54) is 16.2 Å². The fourth-order valence-electron chi connectivity index (χ4n) is 1.50. The standard InChI is InChI=1S/C14H25NOS/c1-4-5-8-16-11-14-7-6-13(17-14)10-15-9-12(2)3/h6-7,12,15H,4-5,8-11H2,1-3H3. The largest absolute Gasteiger partial charge is 0.376 e. The van der Waals surface area contributed by atoms with Gasteiger partial charge in [0.15, 0.2) is 0 Å². The minimum absolute atomic E-state index is 0.715. The molecule has 0 bridgehead atoms. The third-order valence-corrected chi connectivity index (χ3v) is 3.51. The first-order chi connectivity index (χ1) is 8.22. The molecule has 0 aromatic carbocycles. The van der Waals surface area contributed by atoms with Gasteiger partial charge in [0, 0.05) is 22.9 Å². The highest BCUT2D eigenvalue weighted by Gasteiger charge is 2.01. The van der Waals surface area contributed by atoms with E-state index < -0.39 is 0 Å². The van der Waals surface area contributed by atoms with Gasteiger partial charge in [0.1, 0.15) is 0 Å². The predicted molar refractivity (Wildman–Crippen MR) is 75.4 cm³/mol. The summed E-state index contributed by atoms with van der Waals surface area (Å²) in [5.74, 6) is 0.715. The Bertz CT molecular complexity index is 296. The smallest absolute Gasteiger partial charge is 0.0809 e. The van der Waals surface area contributed by atoms with Gasteiger partial charge in [0.2, 0.25) is 0 Å². The number of rotatable bonds is 9. The maximum atomic E-state index is 5.61. The molecule has 0 atom stereocenters. The second-order valence-corrected chi connectivity index (χ2v) is 6.05. The number of hydrogen-bond donors (Lipinski definition) is 1. The molecule has 1 rings (SSSR count). The maximum absolute atomic E-state index is 5.61. The molecule has 1 heterocycles. The minimum Gasteiger partial charge on any atom is -0.376 e. The maximum Gasteiger partial charge on any atom is 0.0809 e. The highest BCUT2D eigenvalue weighted by atomic mass is 32.1. The molecule has 0 spiro atoms. The van der Waals surface area contributed by atoms with Crippen molar-refractivity contribution in [3.05, 3.63) is 21.9 Å². The van der Waals surface area contributed by atoms with Gasteiger partial charge in [-0.1, -0.05) is 27.2 Å². The first-order valence-corrected chi connectivity index (χ1v) is 7.40. The van der Waals surface area contributed by atoms with E-state index in [4.69, 9.17) is 4.74 Å². The van der Waals surface area contributed by atoms with Gasteiger partial charge in [0.05, 0.1) is 6.61 Å². The summed E-state index contributed by atoms with van der Waals surface area (Å²) in [6, 6.07) is 4.39. The van der Waals surface area contributed by atoms with Crippen LogP contribution in [0.2, 0.25) is 0 Å². The predicted octanol–water partition coefficient (Wildman–Crippen LogP) is 3.81. The molecule has 0 amide bonds. The lowest BCUT2D eigenvalue weighted by atomic mass is 10.2. The van der Waals surface area contributed by atoms with Gasteiger partial charge < -0.3 is 10.1 Å². The molecular weight excluding hydrogens is 230 g/mol. The SMILES string of the molecule is CCCCOCc1ccc(CNCC(C)C)s1. The molecule has 0 aliphatic rings. The van der Waals surface area contributed by atoms with Gasteiger partial charge in [-0.25, -0.2) is 0 Å². The summed E-state index contributed by atoms with van der Waals surface area (Å²) in [5, 5.41) is 3.46. The van der Waals surface area contributed by atoms with Crippen LogP contribution in [-0.2, 0) is 17.9 Å². The molecule has 0 saturated carbocycles. The van der Waals surface area contributed by atoms with E-state index in [1.54, 1.807) is 0 Å². The van der Waals surface area contributed by atoms with Gasteiger partial charge in [-0.05, 0) is 31.0 Å². The lowest BCUT2D eigenvalue weighted by molar-refractivity contribution is 0.120. The molecular formula is C14H25NOS. The van der Waals surface area contributed by atoms with Crippen molar-refractivity contribution in [3.63, 3.8) is 0 Å². The van der Waals surface area contributed by atoms with Crippen LogP contribution in [-0.4, -0.2) is 13.2 Å². The topological polar surface area (TPSA) is 21.3 Å². The van der Waals surface area contributed by atoms with Crippen molar-refractivity contribution >= 4 is 11.3 Å². The summed E-state index contributed by atoms with van der Waals surface area (Å²) in [4.78, 5) is 2.74. The molecule has 0 aliphatic carbocycles. The molecule has 3 heteroatoms. The van der Waals surface area contributed by atoms with Crippen molar-refractivity contribution in [2.75, 3.05) is 13.2 Å². The Balaban J connectivity index is 2.18. The average molecular weight is 255 g/mol. The number of nitrogens with one attached hydrogen (secondary N) is 1. The summed E-state index contributed by atoms with van der Waals surface area (Å²) in [7, 11) is 0. The van der Waals surface area contributed by atoms with Crippen LogP contribution in [0.25, 0.3) is 0 Å². The van der Waals surface area contributed by atoms with Gasteiger partial charge in [0.25, 0.3) is 0 Å². The fraction of sp³-hybridized carbons (Fsp3) is 0.714. The second kappa shape index (κ2) is 8.67. The normalized spacial score (nSPS) is 11.3. The summed E-state index contributed by atoms with van der Waals surface area (Å²) in [5.41, 5.74) is 0. The Morgan fingerprint density at radius 2 is 2.06 bits per heavy atom. The van der Waals surface area contributed by atoms with Gasteiger partial charge in [-0.2, -0.15) is 0 Å². The Labute approximate surface area is 109 Å². The van der Waals surface area contributed by atoms with Crippen LogP contribution in [0.4, 0.5) is 0 Å². The Morgan fingerprint density at radius 3 is 2.76 bits per heavy atom. The Hall–Kier alpha value is -0.380. The molecule has 0 unspecified atom stereocenters. The van der Waals surface area contributed by atoms with Crippen LogP contribution in [0.5, 0.6) is 0 Å². The first-order valence-electron chi connectivity index (χ1n) is 6.58. The van der Waals surface area contributed by atoms with Gasteiger partial charge >= 0.3 is 0 Å². The van der Waals surface area contributed by atoms with E-state index >= 15 is 0 Å². The fourth-order valence-corrected chi connectivity index (χ4v) is 2.42.